The van der Waals surface area contributed by atoms with E-state index in [4.69, 9.17) is 11.6 Å². The van der Waals surface area contributed by atoms with E-state index >= 15 is 0 Å². The molecule has 1 saturated heterocycles. The van der Waals surface area contributed by atoms with Gasteiger partial charge < -0.3 is 4.90 Å². The van der Waals surface area contributed by atoms with Crippen LogP contribution in [0.5, 0.6) is 0 Å². The van der Waals surface area contributed by atoms with Gasteiger partial charge in [-0.2, -0.15) is 4.72 Å². The molecule has 228 valence electrons. The average molecular weight is 620 g/mol. The Morgan fingerprint density at radius 3 is 2.36 bits per heavy atom. The lowest BCUT2D eigenvalue weighted by Gasteiger charge is -2.39. The number of carbonyl (C=O) groups excluding carboxylic acids is 2. The molecule has 2 N–H and O–H groups in total. The van der Waals surface area contributed by atoms with Crippen molar-refractivity contribution in [3.05, 3.63) is 69.2 Å². The van der Waals surface area contributed by atoms with Gasteiger partial charge in [0.05, 0.1) is 4.92 Å². The van der Waals surface area contributed by atoms with Crippen LogP contribution in [0.15, 0.2) is 53.4 Å². The summed E-state index contributed by atoms with van der Waals surface area (Å²) in [5, 5.41) is 13.7. The predicted molar refractivity (Wildman–Crippen MR) is 159 cm³/mol. The van der Waals surface area contributed by atoms with Crippen molar-refractivity contribution in [1.82, 2.24) is 20.1 Å². The molecule has 1 aliphatic carbocycles. The van der Waals surface area contributed by atoms with Crippen molar-refractivity contribution >= 4 is 39.1 Å². The summed E-state index contributed by atoms with van der Waals surface area (Å²) in [6.07, 6.45) is 5.96. The van der Waals surface area contributed by atoms with Gasteiger partial charge in [0.15, 0.2) is 4.90 Å². The summed E-state index contributed by atoms with van der Waals surface area (Å²) in [6.45, 7) is 4.72. The summed E-state index contributed by atoms with van der Waals surface area (Å²) in [5.41, 5.74) is 2.91. The fraction of sp³-hybridized carbons (Fsp3) is 0.517. The summed E-state index contributed by atoms with van der Waals surface area (Å²) < 4.78 is 29.1. The molecule has 2 amide bonds. The number of para-hydroxylation sites is 1. The molecule has 13 heteroatoms. The Bertz CT molecular complexity index is 1380. The number of benzene rings is 2. The van der Waals surface area contributed by atoms with Crippen molar-refractivity contribution in [3.8, 4) is 0 Å². The number of nitro benzene ring substituents is 1. The molecule has 42 heavy (non-hydrogen) atoms. The Morgan fingerprint density at radius 1 is 1.05 bits per heavy atom. The first-order valence-corrected chi connectivity index (χ1v) is 16.2. The molecule has 1 heterocycles. The summed E-state index contributed by atoms with van der Waals surface area (Å²) in [6, 6.07) is 10.5. The number of carbonyl (C=O) groups is 2. The number of nitrogens with one attached hydrogen (secondary N) is 2. The Balaban J connectivity index is 1.53. The molecule has 2 aromatic carbocycles. The van der Waals surface area contributed by atoms with Crippen LogP contribution in [0.25, 0.3) is 0 Å². The quantitative estimate of drug-likeness (QED) is 0.285. The van der Waals surface area contributed by atoms with Gasteiger partial charge in [0.2, 0.25) is 15.9 Å². The van der Waals surface area contributed by atoms with Gasteiger partial charge in [0.25, 0.3) is 11.6 Å². The van der Waals surface area contributed by atoms with E-state index in [0.29, 0.717) is 30.1 Å². The van der Waals surface area contributed by atoms with Crippen LogP contribution < -0.4 is 10.1 Å². The number of halogens is 1. The van der Waals surface area contributed by atoms with Crippen LogP contribution >= 0.6 is 11.6 Å². The number of sulfonamides is 1. The van der Waals surface area contributed by atoms with E-state index in [-0.39, 0.29) is 30.3 Å². The molecule has 2 aliphatic rings. The van der Waals surface area contributed by atoms with E-state index in [2.05, 4.69) is 10.1 Å². The third-order valence-electron chi connectivity index (χ3n) is 7.86. The highest BCUT2D eigenvalue weighted by molar-refractivity contribution is 7.89. The maximum absolute atomic E-state index is 13.6. The van der Waals surface area contributed by atoms with Crippen molar-refractivity contribution in [3.63, 3.8) is 0 Å². The minimum atomic E-state index is -4.45. The molecule has 0 bridgehead atoms. The van der Waals surface area contributed by atoms with Crippen LogP contribution in [0.2, 0.25) is 5.02 Å². The van der Waals surface area contributed by atoms with Crippen molar-refractivity contribution < 1.29 is 22.9 Å². The van der Waals surface area contributed by atoms with Gasteiger partial charge in [-0.15, -0.1) is 0 Å². The minimum absolute atomic E-state index is 0.0137. The van der Waals surface area contributed by atoms with Crippen LogP contribution in [0.3, 0.4) is 0 Å². The third-order valence-corrected chi connectivity index (χ3v) is 9.63. The topological polar surface area (TPSA) is 142 Å². The van der Waals surface area contributed by atoms with Crippen LogP contribution in [0, 0.1) is 16.0 Å². The number of hydrogen-bond acceptors (Lipinski definition) is 7. The smallest absolute Gasteiger partial charge is 0.289 e. The zero-order valence-electron chi connectivity index (χ0n) is 23.9. The first kappa shape index (κ1) is 31.9. The highest BCUT2D eigenvalue weighted by Crippen LogP contribution is 2.29. The zero-order valence-corrected chi connectivity index (χ0v) is 25.4. The van der Waals surface area contributed by atoms with Gasteiger partial charge in [-0.25, -0.2) is 13.4 Å². The first-order chi connectivity index (χ1) is 20.0. The van der Waals surface area contributed by atoms with E-state index in [1.54, 1.807) is 29.3 Å². The summed E-state index contributed by atoms with van der Waals surface area (Å²) in [7, 11) is -4.45. The lowest BCUT2D eigenvalue weighted by atomic mass is 9.92. The van der Waals surface area contributed by atoms with Gasteiger partial charge >= 0.3 is 0 Å². The molecule has 0 radical (unpaired) electrons. The average Bonchev–Trinajstić information content (AvgIpc) is 3.42. The second-order valence-electron chi connectivity index (χ2n) is 11.3. The Morgan fingerprint density at radius 2 is 1.71 bits per heavy atom. The summed E-state index contributed by atoms with van der Waals surface area (Å²) in [4.78, 5) is 39.1. The monoisotopic (exact) mass is 619 g/mol. The standard InChI is InChI=1S/C29H38ClN5O6S/c1-20(2)29(37)34(23-8-4-3-5-9-23)24-16-17-33(19-24)31-28(36)25(18-21-12-14-22(30)15-13-21)32-42(40,41)27-11-7-6-10-26(27)35(38)39/h6-7,10-15,20,23-25,32H,3-5,8-9,16-19H2,1-2H3,(H,31,36)/t24-,25+/m0/s1. The van der Waals surface area contributed by atoms with Crippen LogP contribution in [0.1, 0.15) is 57.9 Å². The van der Waals surface area contributed by atoms with Gasteiger partial charge in [-0.3, -0.25) is 25.1 Å². The minimum Gasteiger partial charge on any atom is -0.335 e. The fourth-order valence-electron chi connectivity index (χ4n) is 5.75. The lowest BCUT2D eigenvalue weighted by Crippen LogP contribution is -2.54. The molecule has 1 aliphatic heterocycles. The Hall–Kier alpha value is -3.06. The summed E-state index contributed by atoms with van der Waals surface area (Å²) in [5.74, 6) is -0.638. The molecular formula is C29H38ClN5O6S. The third kappa shape index (κ3) is 7.85. The SMILES string of the molecule is CC(C)C(=O)N(C1CCCCC1)[C@H]1CCN(NC(=O)[C@@H](Cc2ccc(Cl)cc2)NS(=O)(=O)c2ccccc2[N+](=O)[O-])C1. The normalized spacial score (nSPS) is 19.0. The number of amides is 2. The van der Waals surface area contributed by atoms with Gasteiger partial charge in [-0.05, 0) is 49.4 Å². The van der Waals surface area contributed by atoms with Crippen LogP contribution in [-0.2, 0) is 26.0 Å². The molecule has 4 rings (SSSR count). The number of nitro groups is 1. The molecule has 2 fully saturated rings. The van der Waals surface area contributed by atoms with Crippen molar-refractivity contribution in [2.75, 3.05) is 13.1 Å². The van der Waals surface area contributed by atoms with E-state index in [0.717, 1.165) is 37.8 Å². The molecule has 2 atom stereocenters. The number of rotatable bonds is 11. The molecule has 0 unspecified atom stereocenters. The largest absolute Gasteiger partial charge is 0.335 e. The van der Waals surface area contributed by atoms with E-state index in [1.165, 1.54) is 18.6 Å². The highest BCUT2D eigenvalue weighted by Gasteiger charge is 2.38. The number of nitrogens with zero attached hydrogens (tertiary/aromatic N) is 3. The van der Waals surface area contributed by atoms with E-state index in [1.807, 2.05) is 18.7 Å². The number of hydrazine groups is 1. The molecular weight excluding hydrogens is 582 g/mol. The Kier molecular flexibility index (Phi) is 10.6. The van der Waals surface area contributed by atoms with Crippen molar-refractivity contribution in [2.24, 2.45) is 5.92 Å². The van der Waals surface area contributed by atoms with Gasteiger partial charge in [0, 0.05) is 42.2 Å². The predicted octanol–water partition coefficient (Wildman–Crippen LogP) is 4.06. The maximum atomic E-state index is 13.6. The van der Waals surface area contributed by atoms with E-state index < -0.39 is 37.5 Å². The number of hydrogen-bond donors (Lipinski definition) is 2. The second-order valence-corrected chi connectivity index (χ2v) is 13.4. The first-order valence-electron chi connectivity index (χ1n) is 14.3. The fourth-order valence-corrected chi connectivity index (χ4v) is 7.24. The molecule has 11 nitrogen and oxygen atoms in total. The van der Waals surface area contributed by atoms with Crippen LogP contribution in [-0.4, -0.2) is 66.3 Å². The molecule has 0 aromatic heterocycles. The summed E-state index contributed by atoms with van der Waals surface area (Å²) >= 11 is 6.01. The van der Waals surface area contributed by atoms with Gasteiger partial charge in [0.1, 0.15) is 6.04 Å². The zero-order chi connectivity index (χ0) is 30.4. The van der Waals surface area contributed by atoms with Crippen molar-refractivity contribution in [2.45, 2.75) is 81.8 Å². The lowest BCUT2D eigenvalue weighted by molar-refractivity contribution is -0.387. The molecule has 2 aromatic rings. The highest BCUT2D eigenvalue weighted by atomic mass is 35.5. The van der Waals surface area contributed by atoms with Crippen LogP contribution in [0.4, 0.5) is 5.69 Å². The molecule has 1 saturated carbocycles. The van der Waals surface area contributed by atoms with Gasteiger partial charge in [-0.1, -0.05) is 69.0 Å². The second kappa shape index (κ2) is 13.9. The maximum Gasteiger partial charge on any atom is 0.289 e. The van der Waals surface area contributed by atoms with E-state index in [9.17, 15) is 28.1 Å². The molecule has 0 spiro atoms. The van der Waals surface area contributed by atoms with Crippen molar-refractivity contribution in [1.29, 1.82) is 0 Å². The Labute approximate surface area is 251 Å².